The topological polar surface area (TPSA) is 92.8 Å². The van der Waals surface area contributed by atoms with E-state index in [9.17, 15) is 19.2 Å². The summed E-state index contributed by atoms with van der Waals surface area (Å²) < 4.78 is 5.02. The summed E-state index contributed by atoms with van der Waals surface area (Å²) in [5, 5.41) is 2.61. The van der Waals surface area contributed by atoms with Crippen molar-refractivity contribution in [3.63, 3.8) is 0 Å². The normalized spacial score (nSPS) is 13.9. The van der Waals surface area contributed by atoms with Crippen LogP contribution < -0.4 is 5.32 Å². The quantitative estimate of drug-likeness (QED) is 0.614. The van der Waals surface area contributed by atoms with Crippen LogP contribution in [0, 0.1) is 0 Å². The van der Waals surface area contributed by atoms with Gasteiger partial charge >= 0.3 is 5.97 Å². The molecule has 1 atom stereocenters. The molecule has 0 aliphatic carbocycles. The Hall–Kier alpha value is -3.48. The number of anilines is 1. The van der Waals surface area contributed by atoms with Gasteiger partial charge in [0.1, 0.15) is 0 Å². The smallest absolute Gasteiger partial charge is 0.338 e. The van der Waals surface area contributed by atoms with Gasteiger partial charge in [-0.3, -0.25) is 19.3 Å². The number of para-hydroxylation sites is 1. The molecule has 1 aliphatic heterocycles. The van der Waals surface area contributed by atoms with E-state index in [1.165, 1.54) is 23.1 Å². The van der Waals surface area contributed by atoms with Crippen LogP contribution in [0.3, 0.4) is 0 Å². The number of rotatable bonds is 6. The molecule has 3 amide bonds. The van der Waals surface area contributed by atoms with Gasteiger partial charge in [-0.05, 0) is 43.7 Å². The van der Waals surface area contributed by atoms with E-state index in [2.05, 4.69) is 5.32 Å². The Bertz CT molecular complexity index is 939. The van der Waals surface area contributed by atoms with Gasteiger partial charge in [-0.15, -0.1) is 0 Å². The van der Waals surface area contributed by atoms with Crippen molar-refractivity contribution in [3.05, 3.63) is 65.2 Å². The summed E-state index contributed by atoms with van der Waals surface area (Å²) in [5.41, 5.74) is 1.14. The molecule has 0 aromatic heterocycles. The number of fused-ring (bicyclic) bond motifs is 1. The van der Waals surface area contributed by atoms with Gasteiger partial charge in [-0.25, -0.2) is 4.79 Å². The van der Waals surface area contributed by atoms with E-state index in [-0.39, 0.29) is 28.6 Å². The zero-order valence-electron chi connectivity index (χ0n) is 15.6. The Morgan fingerprint density at radius 2 is 1.71 bits per heavy atom. The fourth-order valence-electron chi connectivity index (χ4n) is 2.90. The Labute approximate surface area is 162 Å². The van der Waals surface area contributed by atoms with Crippen molar-refractivity contribution in [1.82, 2.24) is 4.90 Å². The molecule has 0 saturated carbocycles. The summed E-state index contributed by atoms with van der Waals surface area (Å²) in [5.74, 6) is -2.01. The molecule has 7 heteroatoms. The fraction of sp³-hybridized carbons (Fsp3) is 0.238. The molecule has 0 unspecified atom stereocenters. The number of hydrogen-bond donors (Lipinski definition) is 1. The highest BCUT2D eigenvalue weighted by Crippen LogP contribution is 2.26. The second kappa shape index (κ2) is 8.04. The Morgan fingerprint density at radius 3 is 2.39 bits per heavy atom. The largest absolute Gasteiger partial charge is 0.452 e. The van der Waals surface area contributed by atoms with Crippen LogP contribution in [0.1, 0.15) is 51.3 Å². The molecule has 7 nitrogen and oxygen atoms in total. The predicted octanol–water partition coefficient (Wildman–Crippen LogP) is 2.88. The van der Waals surface area contributed by atoms with Crippen LogP contribution in [0.4, 0.5) is 5.69 Å². The van der Waals surface area contributed by atoms with Gasteiger partial charge < -0.3 is 10.1 Å². The number of carbonyl (C=O) groups excluding carboxylic acids is 4. The summed E-state index contributed by atoms with van der Waals surface area (Å²) in [6.07, 6.45) is 0.636. The van der Waals surface area contributed by atoms with E-state index in [0.29, 0.717) is 12.1 Å². The van der Waals surface area contributed by atoms with Gasteiger partial charge in [-0.2, -0.15) is 0 Å². The zero-order chi connectivity index (χ0) is 20.3. The van der Waals surface area contributed by atoms with Gasteiger partial charge in [0.15, 0.2) is 6.61 Å². The van der Waals surface area contributed by atoms with Crippen molar-refractivity contribution in [2.75, 3.05) is 11.9 Å². The van der Waals surface area contributed by atoms with Crippen LogP contribution in [-0.4, -0.2) is 41.2 Å². The highest BCUT2D eigenvalue weighted by Gasteiger charge is 2.38. The first kappa shape index (κ1) is 19.3. The highest BCUT2D eigenvalue weighted by molar-refractivity contribution is 6.22. The third kappa shape index (κ3) is 3.78. The van der Waals surface area contributed by atoms with Crippen LogP contribution >= 0.6 is 0 Å². The van der Waals surface area contributed by atoms with Crippen molar-refractivity contribution in [2.45, 2.75) is 26.3 Å². The fourth-order valence-corrected chi connectivity index (χ4v) is 2.90. The standard InChI is InChI=1S/C21H20N2O5/c1-3-13(2)23-19(25)16-10-9-14(11-17(16)20(23)26)21(27)28-12-18(24)22-15-7-5-4-6-8-15/h4-11,13H,3,12H2,1-2H3,(H,22,24)/t13-/m1/s1. The minimum atomic E-state index is -0.742. The molecule has 1 N–H and O–H groups in total. The van der Waals surface area contributed by atoms with Gasteiger partial charge in [0.2, 0.25) is 0 Å². The van der Waals surface area contributed by atoms with Gasteiger partial charge in [0.05, 0.1) is 16.7 Å². The van der Waals surface area contributed by atoms with Crippen LogP contribution in [0.2, 0.25) is 0 Å². The first-order valence-corrected chi connectivity index (χ1v) is 8.96. The molecule has 2 aromatic rings. The van der Waals surface area contributed by atoms with E-state index in [4.69, 9.17) is 4.74 Å². The molecule has 0 spiro atoms. The maximum absolute atomic E-state index is 12.5. The van der Waals surface area contributed by atoms with Gasteiger partial charge in [0.25, 0.3) is 17.7 Å². The average molecular weight is 380 g/mol. The lowest BCUT2D eigenvalue weighted by Crippen LogP contribution is -2.37. The van der Waals surface area contributed by atoms with Crippen molar-refractivity contribution >= 4 is 29.4 Å². The molecule has 0 fully saturated rings. The van der Waals surface area contributed by atoms with E-state index in [0.717, 1.165) is 0 Å². The summed E-state index contributed by atoms with van der Waals surface area (Å²) in [6.45, 7) is 3.22. The van der Waals surface area contributed by atoms with E-state index >= 15 is 0 Å². The maximum Gasteiger partial charge on any atom is 0.338 e. The number of ether oxygens (including phenoxy) is 1. The molecule has 3 rings (SSSR count). The molecule has 1 aliphatic rings. The lowest BCUT2D eigenvalue weighted by atomic mass is 10.1. The highest BCUT2D eigenvalue weighted by atomic mass is 16.5. The van der Waals surface area contributed by atoms with Crippen molar-refractivity contribution in [1.29, 1.82) is 0 Å². The lowest BCUT2D eigenvalue weighted by Gasteiger charge is -2.20. The monoisotopic (exact) mass is 380 g/mol. The summed E-state index contributed by atoms with van der Waals surface area (Å²) >= 11 is 0. The predicted molar refractivity (Wildman–Crippen MR) is 102 cm³/mol. The number of carbonyl (C=O) groups is 4. The second-order valence-corrected chi connectivity index (χ2v) is 6.49. The van der Waals surface area contributed by atoms with Gasteiger partial charge in [-0.1, -0.05) is 25.1 Å². The molecular weight excluding hydrogens is 360 g/mol. The first-order chi connectivity index (χ1) is 13.4. The molecule has 1 heterocycles. The second-order valence-electron chi connectivity index (χ2n) is 6.49. The molecule has 0 bridgehead atoms. The maximum atomic E-state index is 12.5. The number of imide groups is 1. The number of nitrogens with zero attached hydrogens (tertiary/aromatic N) is 1. The molecule has 2 aromatic carbocycles. The molecule has 28 heavy (non-hydrogen) atoms. The third-order valence-corrected chi connectivity index (χ3v) is 4.58. The number of amides is 3. The van der Waals surface area contributed by atoms with E-state index in [1.54, 1.807) is 31.2 Å². The Balaban J connectivity index is 1.66. The van der Waals surface area contributed by atoms with Crippen LogP contribution in [0.5, 0.6) is 0 Å². The van der Waals surface area contributed by atoms with Crippen molar-refractivity contribution in [3.8, 4) is 0 Å². The zero-order valence-corrected chi connectivity index (χ0v) is 15.6. The third-order valence-electron chi connectivity index (χ3n) is 4.58. The Kier molecular flexibility index (Phi) is 5.54. The summed E-state index contributed by atoms with van der Waals surface area (Å²) in [7, 11) is 0. The SMILES string of the molecule is CC[C@@H](C)N1C(=O)c2ccc(C(=O)OCC(=O)Nc3ccccc3)cc2C1=O. The number of esters is 1. The minimum absolute atomic E-state index is 0.110. The molecule has 0 saturated heterocycles. The van der Waals surface area contributed by atoms with Crippen LogP contribution in [0.15, 0.2) is 48.5 Å². The van der Waals surface area contributed by atoms with Crippen molar-refractivity contribution in [2.24, 2.45) is 0 Å². The van der Waals surface area contributed by atoms with E-state index < -0.39 is 24.4 Å². The van der Waals surface area contributed by atoms with Gasteiger partial charge in [0, 0.05) is 11.7 Å². The lowest BCUT2D eigenvalue weighted by molar-refractivity contribution is -0.119. The van der Waals surface area contributed by atoms with Crippen LogP contribution in [0.25, 0.3) is 0 Å². The molecule has 0 radical (unpaired) electrons. The first-order valence-electron chi connectivity index (χ1n) is 8.96. The minimum Gasteiger partial charge on any atom is -0.452 e. The average Bonchev–Trinajstić information content (AvgIpc) is 2.96. The molecule has 144 valence electrons. The van der Waals surface area contributed by atoms with Crippen LogP contribution in [-0.2, 0) is 9.53 Å². The van der Waals surface area contributed by atoms with Crippen molar-refractivity contribution < 1.29 is 23.9 Å². The Morgan fingerprint density at radius 1 is 1.04 bits per heavy atom. The summed E-state index contributed by atoms with van der Waals surface area (Å²) in [4.78, 5) is 50.3. The van der Waals surface area contributed by atoms with E-state index in [1.807, 2.05) is 13.0 Å². The number of nitrogens with one attached hydrogen (secondary N) is 1. The molecular formula is C21H20N2O5. The number of benzene rings is 2. The summed E-state index contributed by atoms with van der Waals surface area (Å²) in [6, 6.07) is 12.8. The number of hydrogen-bond acceptors (Lipinski definition) is 5.